The summed E-state index contributed by atoms with van der Waals surface area (Å²) in [5.41, 5.74) is 2.61. The minimum Gasteiger partial charge on any atom is -0.466 e. The van der Waals surface area contributed by atoms with E-state index >= 15 is 0 Å². The van der Waals surface area contributed by atoms with Crippen molar-refractivity contribution in [1.29, 1.82) is 0 Å². The number of piperidine rings is 1. The molecule has 7 nitrogen and oxygen atoms in total. The fourth-order valence-corrected chi connectivity index (χ4v) is 4.94. The Hall–Kier alpha value is -2.83. The average molecular weight is 426 g/mol. The van der Waals surface area contributed by atoms with Crippen LogP contribution in [0, 0.1) is 12.8 Å². The molecule has 2 aromatic carbocycles. The molecule has 2 saturated heterocycles. The Kier molecular flexibility index (Phi) is 6.03. The van der Waals surface area contributed by atoms with Crippen LogP contribution in [0.2, 0.25) is 0 Å². The summed E-state index contributed by atoms with van der Waals surface area (Å²) in [6.45, 7) is 9.66. The molecule has 7 heteroatoms. The highest BCUT2D eigenvalue weighted by molar-refractivity contribution is 5.79. The van der Waals surface area contributed by atoms with Gasteiger partial charge in [-0.05, 0) is 51.3 Å². The van der Waals surface area contributed by atoms with Crippen LogP contribution in [0.1, 0.15) is 32.3 Å². The van der Waals surface area contributed by atoms with E-state index in [-0.39, 0.29) is 17.9 Å². The van der Waals surface area contributed by atoms with Crippen LogP contribution in [0.15, 0.2) is 33.9 Å². The summed E-state index contributed by atoms with van der Waals surface area (Å²) in [6.07, 6.45) is 1.56. The van der Waals surface area contributed by atoms with Crippen molar-refractivity contribution in [1.82, 2.24) is 0 Å². The zero-order valence-electron chi connectivity index (χ0n) is 18.6. The van der Waals surface area contributed by atoms with Crippen LogP contribution < -0.4 is 25.6 Å². The Morgan fingerprint density at radius 1 is 1.06 bits per heavy atom. The van der Waals surface area contributed by atoms with E-state index in [0.29, 0.717) is 44.2 Å². The minimum absolute atomic E-state index is 0.210. The quantitative estimate of drug-likeness (QED) is 0.537. The molecule has 4 rings (SSSR count). The maximum Gasteiger partial charge on any atom is 0.310 e. The number of hydrogen-bond acceptors (Lipinski definition) is 7. The fraction of sp³-hybridized carbons (Fsp3) is 0.542. The van der Waals surface area contributed by atoms with Gasteiger partial charge in [-0.25, -0.2) is 0 Å². The molecule has 31 heavy (non-hydrogen) atoms. The molecule has 2 atom stereocenters. The number of aryl methyl sites for hydroxylation is 1. The van der Waals surface area contributed by atoms with Gasteiger partial charge >= 0.3 is 5.97 Å². The van der Waals surface area contributed by atoms with Crippen LogP contribution in [-0.2, 0) is 9.53 Å². The molecular formula is C24H31N3O4. The highest BCUT2D eigenvalue weighted by Gasteiger charge is 2.36. The number of esters is 1. The van der Waals surface area contributed by atoms with Crippen molar-refractivity contribution in [3.63, 3.8) is 0 Å². The van der Waals surface area contributed by atoms with Gasteiger partial charge < -0.3 is 19.4 Å². The fourth-order valence-electron chi connectivity index (χ4n) is 4.94. The summed E-state index contributed by atoms with van der Waals surface area (Å²) in [4.78, 5) is 43.6. The van der Waals surface area contributed by atoms with E-state index in [2.05, 4.69) is 47.9 Å². The number of benzene rings is 1. The Labute approximate surface area is 182 Å². The van der Waals surface area contributed by atoms with Gasteiger partial charge in [-0.1, -0.05) is 12.1 Å². The van der Waals surface area contributed by atoms with Crippen molar-refractivity contribution >= 4 is 23.0 Å². The Morgan fingerprint density at radius 3 is 2.42 bits per heavy atom. The number of hydrogen-bond donors (Lipinski definition) is 0. The van der Waals surface area contributed by atoms with Gasteiger partial charge in [0, 0.05) is 44.5 Å². The molecule has 2 aliphatic heterocycles. The van der Waals surface area contributed by atoms with E-state index in [0.717, 1.165) is 19.4 Å². The first-order valence-corrected chi connectivity index (χ1v) is 11.2. The third kappa shape index (κ3) is 4.05. The summed E-state index contributed by atoms with van der Waals surface area (Å²) in [5.74, 6) is -0.462. The lowest BCUT2D eigenvalue weighted by Crippen LogP contribution is -2.57. The molecule has 0 aliphatic carbocycles. The predicted molar refractivity (Wildman–Crippen MR) is 123 cm³/mol. The van der Waals surface area contributed by atoms with Gasteiger partial charge in [0.15, 0.2) is 0 Å². The van der Waals surface area contributed by atoms with Crippen molar-refractivity contribution in [2.75, 3.05) is 54.0 Å². The first-order chi connectivity index (χ1) is 14.9. The summed E-state index contributed by atoms with van der Waals surface area (Å²) in [7, 11) is 0. The average Bonchev–Trinajstić information content (AvgIpc) is 2.76. The van der Waals surface area contributed by atoms with Crippen molar-refractivity contribution in [3.05, 3.63) is 50.3 Å². The van der Waals surface area contributed by atoms with E-state index < -0.39 is 10.9 Å². The van der Waals surface area contributed by atoms with E-state index in [1.807, 2.05) is 4.90 Å². The van der Waals surface area contributed by atoms with Crippen LogP contribution in [0.5, 0.6) is 0 Å². The third-order valence-electron chi connectivity index (χ3n) is 6.50. The van der Waals surface area contributed by atoms with Crippen LogP contribution in [-0.4, -0.2) is 51.3 Å². The highest BCUT2D eigenvalue weighted by atomic mass is 16.5. The second-order valence-electron chi connectivity index (χ2n) is 8.72. The molecule has 0 saturated carbocycles. The van der Waals surface area contributed by atoms with Gasteiger partial charge in [0.1, 0.15) is 11.4 Å². The SMILES string of the molecule is CCOC(=O)[C@@H]1CCCN(c2c(N3CCN(c4cccc(C)c4)[C@H](C)C3)c(=O)c2=O)C1. The smallest absolute Gasteiger partial charge is 0.310 e. The van der Waals surface area contributed by atoms with Crippen molar-refractivity contribution in [3.8, 4) is 0 Å². The molecule has 0 aromatic heterocycles. The largest absolute Gasteiger partial charge is 0.466 e. The highest BCUT2D eigenvalue weighted by Crippen LogP contribution is 2.31. The predicted octanol–water partition coefficient (Wildman–Crippen LogP) is 2.09. The zero-order valence-corrected chi connectivity index (χ0v) is 18.6. The monoisotopic (exact) mass is 425 g/mol. The summed E-state index contributed by atoms with van der Waals surface area (Å²) >= 11 is 0. The van der Waals surface area contributed by atoms with Crippen molar-refractivity contribution < 1.29 is 9.53 Å². The molecular weight excluding hydrogens is 394 g/mol. The van der Waals surface area contributed by atoms with Gasteiger partial charge in [-0.15, -0.1) is 0 Å². The number of piperazine rings is 1. The molecule has 166 valence electrons. The number of rotatable bonds is 5. The maximum atomic E-state index is 12.6. The number of carbonyl (C=O) groups is 1. The molecule has 2 fully saturated rings. The number of nitrogens with zero attached hydrogens (tertiary/aromatic N) is 3. The molecule has 0 spiro atoms. The Bertz CT molecular complexity index is 1030. The summed E-state index contributed by atoms with van der Waals surface area (Å²) in [5, 5.41) is 0. The number of anilines is 3. The molecule has 2 aliphatic rings. The molecule has 2 heterocycles. The second kappa shape index (κ2) is 8.73. The molecule has 0 bridgehead atoms. The zero-order chi connectivity index (χ0) is 22.1. The van der Waals surface area contributed by atoms with Gasteiger partial charge in [-0.3, -0.25) is 14.4 Å². The lowest BCUT2D eigenvalue weighted by atomic mass is 9.96. The molecule has 0 amide bonds. The van der Waals surface area contributed by atoms with E-state index in [9.17, 15) is 14.4 Å². The lowest BCUT2D eigenvalue weighted by molar-refractivity contribution is -0.148. The van der Waals surface area contributed by atoms with Gasteiger partial charge in [0.2, 0.25) is 0 Å². The standard InChI is InChI=1S/C24H31N3O4/c1-4-31-24(30)18-8-6-10-25(15-18)20-21(23(29)22(20)28)26-11-12-27(17(3)14-26)19-9-5-7-16(2)13-19/h5,7,9,13,17-18H,4,6,8,10-12,14-15H2,1-3H3/t17-,18-/m1/s1. The molecule has 0 radical (unpaired) electrons. The van der Waals surface area contributed by atoms with Crippen molar-refractivity contribution in [2.24, 2.45) is 5.92 Å². The van der Waals surface area contributed by atoms with E-state index in [1.54, 1.807) is 6.92 Å². The Balaban J connectivity index is 1.51. The first-order valence-electron chi connectivity index (χ1n) is 11.2. The second-order valence-corrected chi connectivity index (χ2v) is 8.72. The topological polar surface area (TPSA) is 70.2 Å². The molecule has 0 N–H and O–H groups in total. The lowest BCUT2D eigenvalue weighted by Gasteiger charge is -2.44. The number of carbonyl (C=O) groups excluding carboxylic acids is 1. The molecule has 0 unspecified atom stereocenters. The molecule has 2 aromatic rings. The Morgan fingerprint density at radius 2 is 1.77 bits per heavy atom. The third-order valence-corrected chi connectivity index (χ3v) is 6.50. The van der Waals surface area contributed by atoms with Crippen LogP contribution >= 0.6 is 0 Å². The first kappa shape index (κ1) is 21.4. The maximum absolute atomic E-state index is 12.6. The number of ether oxygens (including phenoxy) is 1. The van der Waals surface area contributed by atoms with Gasteiger partial charge in [0.05, 0.1) is 12.5 Å². The summed E-state index contributed by atoms with van der Waals surface area (Å²) < 4.78 is 5.18. The van der Waals surface area contributed by atoms with Crippen LogP contribution in [0.25, 0.3) is 0 Å². The minimum atomic E-state index is -0.423. The summed E-state index contributed by atoms with van der Waals surface area (Å²) in [6, 6.07) is 8.65. The van der Waals surface area contributed by atoms with E-state index in [4.69, 9.17) is 4.74 Å². The van der Waals surface area contributed by atoms with Gasteiger partial charge in [0.25, 0.3) is 10.9 Å². The van der Waals surface area contributed by atoms with Gasteiger partial charge in [-0.2, -0.15) is 0 Å². The van der Waals surface area contributed by atoms with Crippen molar-refractivity contribution in [2.45, 2.75) is 39.7 Å². The van der Waals surface area contributed by atoms with Crippen LogP contribution in [0.3, 0.4) is 0 Å². The normalized spacial score (nSPS) is 22.1. The van der Waals surface area contributed by atoms with Crippen LogP contribution in [0.4, 0.5) is 17.1 Å². The van der Waals surface area contributed by atoms with E-state index in [1.165, 1.54) is 11.3 Å².